The quantitative estimate of drug-likeness (QED) is 0.817. The molecule has 1 fully saturated rings. The van der Waals surface area contributed by atoms with E-state index in [4.69, 9.17) is 0 Å². The van der Waals surface area contributed by atoms with Crippen LogP contribution in [0.3, 0.4) is 0 Å². The average Bonchev–Trinajstić information content (AvgIpc) is 2.86. The van der Waals surface area contributed by atoms with Gasteiger partial charge in [-0.15, -0.1) is 11.8 Å². The molecule has 1 atom stereocenters. The van der Waals surface area contributed by atoms with Crippen molar-refractivity contribution in [3.8, 4) is 0 Å². The molecule has 0 unspecified atom stereocenters. The summed E-state index contributed by atoms with van der Waals surface area (Å²) in [5.74, 6) is -0.144. The summed E-state index contributed by atoms with van der Waals surface area (Å²) in [7, 11) is 3.87. The van der Waals surface area contributed by atoms with Gasteiger partial charge in [0, 0.05) is 31.6 Å². The van der Waals surface area contributed by atoms with Crippen molar-refractivity contribution < 1.29 is 14.0 Å². The van der Waals surface area contributed by atoms with Crippen molar-refractivity contribution in [1.29, 1.82) is 0 Å². The molecule has 2 rings (SSSR count). The van der Waals surface area contributed by atoms with Gasteiger partial charge in [-0.3, -0.25) is 9.59 Å². The number of amides is 2. The molecule has 0 aromatic heterocycles. The van der Waals surface area contributed by atoms with E-state index in [-0.39, 0.29) is 29.4 Å². The van der Waals surface area contributed by atoms with Gasteiger partial charge in [0.25, 0.3) is 0 Å². The number of likely N-dealkylation sites (N-methyl/N-ethyl adjacent to an activating group) is 1. The van der Waals surface area contributed by atoms with E-state index in [1.54, 1.807) is 23.1 Å². The Morgan fingerprint density at radius 3 is 2.87 bits per heavy atom. The van der Waals surface area contributed by atoms with Crippen molar-refractivity contribution in [3.63, 3.8) is 0 Å². The van der Waals surface area contributed by atoms with Crippen LogP contribution in [0.2, 0.25) is 0 Å². The number of benzene rings is 1. The first-order valence-corrected chi connectivity index (χ1v) is 8.61. The summed E-state index contributed by atoms with van der Waals surface area (Å²) in [6, 6.07) is 6.47. The summed E-state index contributed by atoms with van der Waals surface area (Å²) in [5, 5.41) is 2.47. The van der Waals surface area contributed by atoms with Crippen LogP contribution >= 0.6 is 11.8 Å². The van der Waals surface area contributed by atoms with Gasteiger partial charge >= 0.3 is 0 Å². The Bertz CT molecular complexity index is 568. The van der Waals surface area contributed by atoms with E-state index < -0.39 is 0 Å². The van der Waals surface area contributed by atoms with Crippen molar-refractivity contribution in [1.82, 2.24) is 15.1 Å². The number of carbonyl (C=O) groups is 2. The lowest BCUT2D eigenvalue weighted by Crippen LogP contribution is -2.35. The van der Waals surface area contributed by atoms with Crippen LogP contribution in [0.15, 0.2) is 24.3 Å². The van der Waals surface area contributed by atoms with Crippen LogP contribution in [0.5, 0.6) is 0 Å². The predicted octanol–water partition coefficient (Wildman–Crippen LogP) is 1.47. The molecule has 1 aliphatic heterocycles. The van der Waals surface area contributed by atoms with Crippen LogP contribution in [-0.4, -0.2) is 61.1 Å². The monoisotopic (exact) mass is 339 g/mol. The first-order valence-electron chi connectivity index (χ1n) is 7.56. The van der Waals surface area contributed by atoms with Crippen molar-refractivity contribution >= 4 is 23.6 Å². The van der Waals surface area contributed by atoms with Crippen molar-refractivity contribution in [3.05, 3.63) is 35.6 Å². The summed E-state index contributed by atoms with van der Waals surface area (Å²) in [4.78, 5) is 27.5. The fourth-order valence-corrected chi connectivity index (χ4v) is 3.60. The molecule has 23 heavy (non-hydrogen) atoms. The number of halogens is 1. The van der Waals surface area contributed by atoms with E-state index >= 15 is 0 Å². The van der Waals surface area contributed by atoms with Gasteiger partial charge in [0.15, 0.2) is 0 Å². The molecule has 1 saturated heterocycles. The van der Waals surface area contributed by atoms with Gasteiger partial charge in [0.1, 0.15) is 11.2 Å². The molecule has 5 nitrogen and oxygen atoms in total. The summed E-state index contributed by atoms with van der Waals surface area (Å²) >= 11 is 1.40. The second-order valence-corrected chi connectivity index (χ2v) is 6.74. The highest BCUT2D eigenvalue weighted by molar-refractivity contribution is 8.00. The highest BCUT2D eigenvalue weighted by atomic mass is 32.2. The maximum atomic E-state index is 13.9. The Kier molecular flexibility index (Phi) is 6.41. The average molecular weight is 339 g/mol. The minimum absolute atomic E-state index is 0.0515. The third kappa shape index (κ3) is 4.94. The lowest BCUT2D eigenvalue weighted by molar-refractivity contribution is -0.129. The fraction of sp³-hybridized carbons (Fsp3) is 0.500. The van der Waals surface area contributed by atoms with Crippen LogP contribution in [0.4, 0.5) is 4.39 Å². The first-order chi connectivity index (χ1) is 11.0. The summed E-state index contributed by atoms with van der Waals surface area (Å²) in [6.07, 6.45) is 0.227. The molecular weight excluding hydrogens is 317 g/mol. The van der Waals surface area contributed by atoms with Gasteiger partial charge in [-0.05, 0) is 20.2 Å². The number of hydrogen-bond acceptors (Lipinski definition) is 4. The molecule has 2 amide bonds. The Morgan fingerprint density at radius 2 is 2.17 bits per heavy atom. The summed E-state index contributed by atoms with van der Waals surface area (Å²) in [6.45, 7) is 1.64. The van der Waals surface area contributed by atoms with Gasteiger partial charge < -0.3 is 15.1 Å². The largest absolute Gasteiger partial charge is 0.355 e. The molecule has 1 aromatic carbocycles. The van der Waals surface area contributed by atoms with Crippen LogP contribution in [0.25, 0.3) is 0 Å². The van der Waals surface area contributed by atoms with Gasteiger partial charge in [0.2, 0.25) is 11.8 Å². The van der Waals surface area contributed by atoms with E-state index in [9.17, 15) is 14.0 Å². The number of nitrogens with one attached hydrogen (secondary N) is 1. The highest BCUT2D eigenvalue weighted by Gasteiger charge is 2.34. The van der Waals surface area contributed by atoms with Crippen LogP contribution < -0.4 is 5.32 Å². The van der Waals surface area contributed by atoms with Crippen molar-refractivity contribution in [2.24, 2.45) is 0 Å². The molecule has 0 radical (unpaired) electrons. The predicted molar refractivity (Wildman–Crippen MR) is 89.5 cm³/mol. The van der Waals surface area contributed by atoms with Crippen molar-refractivity contribution in [2.45, 2.75) is 11.8 Å². The summed E-state index contributed by atoms with van der Waals surface area (Å²) < 4.78 is 13.9. The van der Waals surface area contributed by atoms with Gasteiger partial charge in [-0.25, -0.2) is 4.39 Å². The Morgan fingerprint density at radius 1 is 1.43 bits per heavy atom. The van der Waals surface area contributed by atoms with E-state index in [1.807, 2.05) is 19.0 Å². The van der Waals surface area contributed by atoms with Gasteiger partial charge in [0.05, 0.1) is 5.75 Å². The number of thioether (sulfide) groups is 1. The first kappa shape index (κ1) is 17.7. The zero-order valence-electron chi connectivity index (χ0n) is 13.4. The molecule has 0 aliphatic carbocycles. The van der Waals surface area contributed by atoms with Crippen LogP contribution in [-0.2, 0) is 9.59 Å². The van der Waals surface area contributed by atoms with Gasteiger partial charge in [-0.1, -0.05) is 18.2 Å². The molecule has 0 saturated carbocycles. The van der Waals surface area contributed by atoms with Crippen LogP contribution in [0.1, 0.15) is 17.4 Å². The molecule has 7 heteroatoms. The summed E-state index contributed by atoms with van der Waals surface area (Å²) in [5.41, 5.74) is 0.497. The minimum atomic E-state index is -0.349. The number of carbonyl (C=O) groups excluding carboxylic acids is 2. The molecule has 0 spiro atoms. The lowest BCUT2D eigenvalue weighted by atomic mass is 10.2. The van der Waals surface area contributed by atoms with Crippen LogP contribution in [0, 0.1) is 5.82 Å². The molecule has 1 heterocycles. The topological polar surface area (TPSA) is 52.7 Å². The van der Waals surface area contributed by atoms with E-state index in [1.165, 1.54) is 17.8 Å². The zero-order chi connectivity index (χ0) is 16.8. The Hall–Kier alpha value is -1.60. The Labute approximate surface area is 140 Å². The number of hydrogen-bond donors (Lipinski definition) is 1. The smallest absolute Gasteiger partial charge is 0.233 e. The third-order valence-electron chi connectivity index (χ3n) is 3.60. The molecule has 1 N–H and O–H groups in total. The second-order valence-electron chi connectivity index (χ2n) is 5.68. The maximum Gasteiger partial charge on any atom is 0.233 e. The Balaban J connectivity index is 1.91. The van der Waals surface area contributed by atoms with Gasteiger partial charge in [-0.2, -0.15) is 0 Å². The highest BCUT2D eigenvalue weighted by Crippen LogP contribution is 2.39. The van der Waals surface area contributed by atoms with E-state index in [0.717, 1.165) is 6.54 Å². The zero-order valence-corrected chi connectivity index (χ0v) is 14.2. The molecule has 1 aliphatic rings. The van der Waals surface area contributed by atoms with E-state index in [2.05, 4.69) is 5.32 Å². The van der Waals surface area contributed by atoms with Crippen molar-refractivity contribution in [2.75, 3.05) is 39.5 Å². The minimum Gasteiger partial charge on any atom is -0.355 e. The number of rotatable bonds is 7. The second kappa shape index (κ2) is 8.31. The standard InChI is InChI=1S/C16H22FN3O2S/c1-19(2)10-8-18-14(21)7-9-20-15(22)11-23-16(20)12-5-3-4-6-13(12)17/h3-6,16H,7-11H2,1-2H3,(H,18,21)/t16-/m1/s1. The maximum absolute atomic E-state index is 13.9. The fourth-order valence-electron chi connectivity index (χ4n) is 2.36. The SMILES string of the molecule is CN(C)CCNC(=O)CCN1C(=O)CS[C@@H]1c1ccccc1F. The lowest BCUT2D eigenvalue weighted by Gasteiger charge is -2.24. The molecule has 126 valence electrons. The molecule has 1 aromatic rings. The normalized spacial score (nSPS) is 17.8. The third-order valence-corrected chi connectivity index (χ3v) is 4.84. The van der Waals surface area contributed by atoms with E-state index in [0.29, 0.717) is 24.4 Å². The molecule has 0 bridgehead atoms. The number of nitrogens with zero attached hydrogens (tertiary/aromatic N) is 2. The molecular formula is C16H22FN3O2S.